The van der Waals surface area contributed by atoms with Gasteiger partial charge in [-0.1, -0.05) is 299 Å². The van der Waals surface area contributed by atoms with Crippen LogP contribution in [-0.4, -0.2) is 96.7 Å². The van der Waals surface area contributed by atoms with Crippen molar-refractivity contribution >= 4 is 39.5 Å². The van der Waals surface area contributed by atoms with Crippen LogP contribution in [0.2, 0.25) is 0 Å². The van der Waals surface area contributed by atoms with E-state index in [-0.39, 0.29) is 25.7 Å². The van der Waals surface area contributed by atoms with Crippen LogP contribution in [0.15, 0.2) is 194 Å². The number of esters is 4. The maximum atomic E-state index is 13.1. The van der Waals surface area contributed by atoms with E-state index in [0.29, 0.717) is 32.1 Å². The van der Waals surface area contributed by atoms with Gasteiger partial charge in [-0.15, -0.1) is 0 Å². The number of allylic oxidation sites excluding steroid dienone is 32. The van der Waals surface area contributed by atoms with Gasteiger partial charge in [-0.25, -0.2) is 9.13 Å². The first-order valence-corrected chi connectivity index (χ1v) is 44.7. The van der Waals surface area contributed by atoms with E-state index in [1.807, 2.05) is 18.2 Å². The molecule has 110 heavy (non-hydrogen) atoms. The second-order valence-corrected chi connectivity index (χ2v) is 29.8. The number of ether oxygens (including phenoxy) is 4. The molecule has 622 valence electrons. The Morgan fingerprint density at radius 1 is 0.255 bits per heavy atom. The van der Waals surface area contributed by atoms with Gasteiger partial charge < -0.3 is 33.8 Å². The van der Waals surface area contributed by atoms with Gasteiger partial charge in [0.25, 0.3) is 0 Å². The standard InChI is InChI=1S/C91H146O17P2/c1-5-9-13-17-21-25-29-33-37-40-42-45-49-52-56-60-64-68-72-76-89(94)102-82-87(108-91(96)78-74-70-66-62-58-54-50-46-43-41-38-34-30-26-22-18-14-10-6-2)84-106-110(99,100)104-80-85(92)79-103-109(97,98)105-83-86(107-90(95)77-73-69-65-61-57-53-47-36-32-28-24-20-16-12-8-4)81-101-88(93)75-71-67-63-59-55-51-48-44-39-35-31-27-23-19-15-11-7-3/h9-16,21-28,33-39,42-43,45-47,52,56,64,68,85-87,92H,5-8,17-20,29-32,40-41,44,48-51,53-55,57-63,65-67,69-84H2,1-4H3,(H,97,98)(H,99,100)/b13-9-,14-10-,15-11-,16-12-,25-21-,26-22-,27-23-,28-24-,37-33-,38-34-,39-35-,45-42-,46-43-,47-36-,56-52-,68-64-. The highest BCUT2D eigenvalue weighted by Gasteiger charge is 2.30. The van der Waals surface area contributed by atoms with Crippen molar-refractivity contribution in [1.29, 1.82) is 0 Å². The Morgan fingerprint density at radius 3 is 0.736 bits per heavy atom. The number of hydrogen-bond acceptors (Lipinski definition) is 15. The van der Waals surface area contributed by atoms with Gasteiger partial charge in [0.1, 0.15) is 19.3 Å². The summed E-state index contributed by atoms with van der Waals surface area (Å²) in [5, 5.41) is 10.7. The summed E-state index contributed by atoms with van der Waals surface area (Å²) in [6.07, 6.45) is 99.8. The minimum Gasteiger partial charge on any atom is -0.462 e. The predicted molar refractivity (Wildman–Crippen MR) is 454 cm³/mol. The number of phosphoric acid groups is 2. The zero-order valence-electron chi connectivity index (χ0n) is 68.1. The third kappa shape index (κ3) is 80.0. The molecule has 0 aliphatic rings. The first-order chi connectivity index (χ1) is 53.7. The number of rotatable bonds is 76. The summed E-state index contributed by atoms with van der Waals surface area (Å²) in [6, 6.07) is 0. The lowest BCUT2D eigenvalue weighted by Crippen LogP contribution is -2.30. The van der Waals surface area contributed by atoms with Crippen LogP contribution in [-0.2, 0) is 65.4 Å². The third-order valence-corrected chi connectivity index (χ3v) is 18.5. The number of aliphatic hydroxyl groups is 1. The first-order valence-electron chi connectivity index (χ1n) is 41.7. The van der Waals surface area contributed by atoms with E-state index >= 15 is 0 Å². The second-order valence-electron chi connectivity index (χ2n) is 26.9. The molecular formula is C91H146O17P2. The van der Waals surface area contributed by atoms with Crippen LogP contribution in [0.3, 0.4) is 0 Å². The summed E-state index contributed by atoms with van der Waals surface area (Å²) in [5.74, 6) is -2.33. The maximum absolute atomic E-state index is 13.1. The molecule has 0 radical (unpaired) electrons. The number of carbonyl (C=O) groups excluding carboxylic acids is 4. The van der Waals surface area contributed by atoms with Crippen molar-refractivity contribution in [3.8, 4) is 0 Å². The molecule has 0 amide bonds. The lowest BCUT2D eigenvalue weighted by atomic mass is 10.1. The monoisotopic (exact) mass is 1570 g/mol. The van der Waals surface area contributed by atoms with E-state index in [9.17, 15) is 43.2 Å². The van der Waals surface area contributed by atoms with Gasteiger partial charge in [0, 0.05) is 25.7 Å². The van der Waals surface area contributed by atoms with E-state index in [0.717, 1.165) is 212 Å². The van der Waals surface area contributed by atoms with E-state index in [2.05, 4.69) is 204 Å². The summed E-state index contributed by atoms with van der Waals surface area (Å²) in [6.45, 7) is 4.29. The Balaban J connectivity index is 5.50. The highest BCUT2D eigenvalue weighted by Crippen LogP contribution is 2.45. The fourth-order valence-corrected chi connectivity index (χ4v) is 12.0. The fraction of sp³-hybridized carbons (Fsp3) is 0.604. The zero-order valence-corrected chi connectivity index (χ0v) is 69.9. The molecule has 0 aliphatic heterocycles. The van der Waals surface area contributed by atoms with Crippen molar-refractivity contribution in [3.63, 3.8) is 0 Å². The average Bonchev–Trinajstić information content (AvgIpc) is 0.900. The van der Waals surface area contributed by atoms with Gasteiger partial charge in [-0.05, 0) is 167 Å². The van der Waals surface area contributed by atoms with Gasteiger partial charge in [0.15, 0.2) is 12.2 Å². The molecule has 0 aliphatic carbocycles. The molecule has 0 spiro atoms. The highest BCUT2D eigenvalue weighted by atomic mass is 31.2. The SMILES string of the molecule is CC/C=C\C/C=C\C/C=C\C/C=C\C/C=C\C/C=C\CCC(=O)OCC(COP(=O)(O)OCC(O)COP(=O)(O)OCC(COC(=O)CCCCCCCCC/C=C\C/C=C\C/C=C\CC)OC(=O)CCCCCCC/C=C\C/C=C\C/C=C\CC)OC(=O)CCCCCCCC/C=C\C/C=C\C/C=C\C/C=C\CC. The average molecular weight is 1570 g/mol. The lowest BCUT2D eigenvalue weighted by molar-refractivity contribution is -0.161. The zero-order chi connectivity index (χ0) is 80.3. The highest BCUT2D eigenvalue weighted by molar-refractivity contribution is 7.47. The molecule has 5 unspecified atom stereocenters. The van der Waals surface area contributed by atoms with E-state index in [1.165, 1.54) is 0 Å². The molecule has 0 heterocycles. The van der Waals surface area contributed by atoms with Gasteiger partial charge in [0.2, 0.25) is 0 Å². The largest absolute Gasteiger partial charge is 0.472 e. The second kappa shape index (κ2) is 80.9. The molecular weight excluding hydrogens is 1430 g/mol. The normalized spacial score (nSPS) is 14.8. The Morgan fingerprint density at radius 2 is 0.464 bits per heavy atom. The number of carbonyl (C=O) groups is 4. The molecule has 0 saturated heterocycles. The molecule has 0 fully saturated rings. The van der Waals surface area contributed by atoms with Crippen LogP contribution in [0.4, 0.5) is 0 Å². The molecule has 0 aromatic heterocycles. The Hall–Kier alpha value is -6.10. The van der Waals surface area contributed by atoms with Crippen molar-refractivity contribution < 1.29 is 80.2 Å². The lowest BCUT2D eigenvalue weighted by Gasteiger charge is -2.21. The van der Waals surface area contributed by atoms with Crippen LogP contribution < -0.4 is 0 Å². The van der Waals surface area contributed by atoms with Crippen LogP contribution in [0.5, 0.6) is 0 Å². The van der Waals surface area contributed by atoms with Crippen molar-refractivity contribution in [1.82, 2.24) is 0 Å². The van der Waals surface area contributed by atoms with E-state index < -0.39 is 97.5 Å². The number of phosphoric ester groups is 2. The Kier molecular flexibility index (Phi) is 76.4. The Labute approximate surface area is 666 Å². The van der Waals surface area contributed by atoms with E-state index in [4.69, 9.17) is 37.0 Å². The summed E-state index contributed by atoms with van der Waals surface area (Å²) < 4.78 is 68.7. The third-order valence-electron chi connectivity index (χ3n) is 16.6. The van der Waals surface area contributed by atoms with Crippen molar-refractivity contribution in [3.05, 3.63) is 194 Å². The van der Waals surface area contributed by atoms with E-state index in [1.54, 1.807) is 0 Å². The first kappa shape index (κ1) is 104. The predicted octanol–water partition coefficient (Wildman–Crippen LogP) is 24.9. The molecule has 0 aromatic rings. The minimum atomic E-state index is -5.01. The summed E-state index contributed by atoms with van der Waals surface area (Å²) in [5.41, 5.74) is 0. The van der Waals surface area contributed by atoms with Gasteiger partial charge in [-0.3, -0.25) is 37.3 Å². The van der Waals surface area contributed by atoms with Gasteiger partial charge in [-0.2, -0.15) is 0 Å². The maximum Gasteiger partial charge on any atom is 0.472 e. The van der Waals surface area contributed by atoms with Crippen molar-refractivity contribution in [2.45, 2.75) is 316 Å². The number of aliphatic hydroxyl groups excluding tert-OH is 1. The minimum absolute atomic E-state index is 0.0250. The summed E-state index contributed by atoms with van der Waals surface area (Å²) >= 11 is 0. The molecule has 0 bridgehead atoms. The van der Waals surface area contributed by atoms with Crippen LogP contribution in [0.25, 0.3) is 0 Å². The van der Waals surface area contributed by atoms with Crippen LogP contribution in [0.1, 0.15) is 297 Å². The smallest absolute Gasteiger partial charge is 0.462 e. The summed E-state index contributed by atoms with van der Waals surface area (Å²) in [7, 11) is -10.0. The van der Waals surface area contributed by atoms with Crippen LogP contribution >= 0.6 is 15.6 Å². The Bertz CT molecular complexity index is 2850. The fourth-order valence-electron chi connectivity index (χ4n) is 10.4. The molecule has 19 heteroatoms. The summed E-state index contributed by atoms with van der Waals surface area (Å²) in [4.78, 5) is 73.2. The van der Waals surface area contributed by atoms with Gasteiger partial charge in [0.05, 0.1) is 26.4 Å². The quantitative estimate of drug-likeness (QED) is 0.0169. The molecule has 5 atom stereocenters. The number of hydrogen-bond donors (Lipinski definition) is 3. The van der Waals surface area contributed by atoms with Crippen molar-refractivity contribution in [2.75, 3.05) is 39.6 Å². The topological polar surface area (TPSA) is 237 Å². The molecule has 0 saturated carbocycles. The van der Waals surface area contributed by atoms with Gasteiger partial charge >= 0.3 is 39.5 Å². The molecule has 0 rings (SSSR count). The van der Waals surface area contributed by atoms with Crippen molar-refractivity contribution in [2.24, 2.45) is 0 Å². The van der Waals surface area contributed by atoms with Crippen LogP contribution in [0, 0.1) is 0 Å². The molecule has 0 aromatic carbocycles. The number of unbranched alkanes of at least 4 members (excludes halogenated alkanes) is 18. The molecule has 3 N–H and O–H groups in total. The molecule has 17 nitrogen and oxygen atoms in total.